The van der Waals surface area contributed by atoms with Gasteiger partial charge in [-0.25, -0.2) is 4.79 Å². The Hall–Kier alpha value is -2.67. The lowest BCUT2D eigenvalue weighted by Crippen LogP contribution is -2.74. The van der Waals surface area contributed by atoms with Crippen LogP contribution in [0.5, 0.6) is 0 Å². The van der Waals surface area contributed by atoms with Crippen LogP contribution in [0.4, 0.5) is 0 Å². The molecule has 0 aromatic heterocycles. The van der Waals surface area contributed by atoms with Gasteiger partial charge in [0.25, 0.3) is 5.91 Å². The number of allylic oxidation sites excluding steroid dienone is 1. The standard InChI is InChI=1S/C19H21N3O4/c20-14(11-4-2-1-3-5-11)17(23)21-15-16-12(10-6-7-10)8-9-13(19(25)26)22(16)18(15)24/h1-5,9-10,12,14-16H,6-8,20H2,(H,21,23)(H,25,26)/t12?,14-,15?,16?/m0/s1. The number of fused-ring (bicyclic) bond motifs is 1. The van der Waals surface area contributed by atoms with Crippen molar-refractivity contribution >= 4 is 17.8 Å². The number of carboxylic acids is 1. The topological polar surface area (TPSA) is 113 Å². The monoisotopic (exact) mass is 355 g/mol. The highest BCUT2D eigenvalue weighted by Gasteiger charge is 2.58. The van der Waals surface area contributed by atoms with Gasteiger partial charge >= 0.3 is 5.97 Å². The van der Waals surface area contributed by atoms with Gasteiger partial charge < -0.3 is 16.2 Å². The Morgan fingerprint density at radius 1 is 1.23 bits per heavy atom. The molecule has 3 unspecified atom stereocenters. The number of aliphatic carboxylic acids is 1. The molecule has 136 valence electrons. The number of nitrogens with two attached hydrogens (primary N) is 1. The molecular weight excluding hydrogens is 334 g/mol. The van der Waals surface area contributed by atoms with Crippen molar-refractivity contribution in [1.29, 1.82) is 0 Å². The van der Waals surface area contributed by atoms with Crippen LogP contribution >= 0.6 is 0 Å². The van der Waals surface area contributed by atoms with Crippen molar-refractivity contribution in [2.45, 2.75) is 37.4 Å². The van der Waals surface area contributed by atoms with E-state index in [4.69, 9.17) is 5.73 Å². The lowest BCUT2D eigenvalue weighted by atomic mass is 9.76. The Labute approximate surface area is 150 Å². The molecule has 7 heteroatoms. The van der Waals surface area contributed by atoms with Gasteiger partial charge in [-0.2, -0.15) is 0 Å². The molecule has 2 amide bonds. The summed E-state index contributed by atoms with van der Waals surface area (Å²) in [4.78, 5) is 37.9. The Balaban J connectivity index is 1.52. The lowest BCUT2D eigenvalue weighted by molar-refractivity contribution is -0.159. The quantitative estimate of drug-likeness (QED) is 0.676. The van der Waals surface area contributed by atoms with Gasteiger partial charge in [-0.15, -0.1) is 0 Å². The zero-order valence-corrected chi connectivity index (χ0v) is 14.2. The van der Waals surface area contributed by atoms with Crippen LogP contribution in [0, 0.1) is 11.8 Å². The number of benzene rings is 1. The number of carbonyl (C=O) groups is 3. The van der Waals surface area contributed by atoms with E-state index in [0.29, 0.717) is 17.9 Å². The summed E-state index contributed by atoms with van der Waals surface area (Å²) in [5.41, 5.74) is 6.71. The first-order valence-corrected chi connectivity index (χ1v) is 8.86. The van der Waals surface area contributed by atoms with Crippen LogP contribution in [0.25, 0.3) is 0 Å². The minimum atomic E-state index is -1.11. The summed E-state index contributed by atoms with van der Waals surface area (Å²) in [5, 5.41) is 12.1. The molecule has 3 aliphatic rings. The number of nitrogens with one attached hydrogen (secondary N) is 1. The highest BCUT2D eigenvalue weighted by Crippen LogP contribution is 2.48. The zero-order valence-electron chi connectivity index (χ0n) is 14.2. The first kappa shape index (κ1) is 16.8. The van der Waals surface area contributed by atoms with Crippen LogP contribution in [-0.2, 0) is 14.4 Å². The number of β-lactam (4-membered cyclic amide) rings is 1. The number of nitrogens with zero attached hydrogens (tertiary/aromatic N) is 1. The maximum absolute atomic E-state index is 12.6. The van der Waals surface area contributed by atoms with E-state index < -0.39 is 24.0 Å². The lowest BCUT2D eigenvalue weighted by Gasteiger charge is -2.53. The fraction of sp³-hybridized carbons (Fsp3) is 0.421. The van der Waals surface area contributed by atoms with Crippen LogP contribution in [-0.4, -0.2) is 39.9 Å². The first-order chi connectivity index (χ1) is 12.5. The van der Waals surface area contributed by atoms with Crippen molar-refractivity contribution in [2.75, 3.05) is 0 Å². The molecule has 2 fully saturated rings. The van der Waals surface area contributed by atoms with E-state index in [1.165, 1.54) is 4.90 Å². The Bertz CT molecular complexity index is 787. The number of hydrogen-bond acceptors (Lipinski definition) is 4. The van der Waals surface area contributed by atoms with Crippen molar-refractivity contribution < 1.29 is 19.5 Å². The van der Waals surface area contributed by atoms with Crippen molar-refractivity contribution in [3.63, 3.8) is 0 Å². The Kier molecular flexibility index (Phi) is 4.03. The molecule has 7 nitrogen and oxygen atoms in total. The molecule has 4 N–H and O–H groups in total. The van der Waals surface area contributed by atoms with Crippen LogP contribution in [0.3, 0.4) is 0 Å². The number of hydrogen-bond donors (Lipinski definition) is 3. The van der Waals surface area contributed by atoms with Gasteiger partial charge in [0.05, 0.1) is 6.04 Å². The smallest absolute Gasteiger partial charge is 0.352 e. The molecule has 1 aromatic rings. The van der Waals surface area contributed by atoms with Crippen LogP contribution in [0.1, 0.15) is 30.9 Å². The SMILES string of the molecule is N[C@H](C(=O)NC1C(=O)N2C(C(=O)O)=CCC(C3CC3)C12)c1ccccc1. The van der Waals surface area contributed by atoms with Gasteiger partial charge in [0.2, 0.25) is 5.91 Å². The largest absolute Gasteiger partial charge is 0.477 e. The summed E-state index contributed by atoms with van der Waals surface area (Å²) < 4.78 is 0. The van der Waals surface area contributed by atoms with E-state index >= 15 is 0 Å². The van der Waals surface area contributed by atoms with E-state index in [1.54, 1.807) is 30.3 Å². The van der Waals surface area contributed by atoms with E-state index in [1.807, 2.05) is 6.07 Å². The average Bonchev–Trinajstić information content (AvgIpc) is 3.49. The normalized spacial score (nSPS) is 28.5. The summed E-state index contributed by atoms with van der Waals surface area (Å²) >= 11 is 0. The second-order valence-corrected chi connectivity index (χ2v) is 7.20. The predicted octanol–water partition coefficient (Wildman–Crippen LogP) is 0.780. The molecule has 2 heterocycles. The first-order valence-electron chi connectivity index (χ1n) is 8.86. The molecule has 4 atom stereocenters. The van der Waals surface area contributed by atoms with Crippen LogP contribution in [0.2, 0.25) is 0 Å². The molecule has 26 heavy (non-hydrogen) atoms. The van der Waals surface area contributed by atoms with Gasteiger partial charge in [-0.1, -0.05) is 36.4 Å². The maximum Gasteiger partial charge on any atom is 0.352 e. The zero-order chi connectivity index (χ0) is 18.4. The summed E-state index contributed by atoms with van der Waals surface area (Å²) in [6, 6.07) is 7.10. The molecule has 0 spiro atoms. The van der Waals surface area contributed by atoms with Crippen molar-refractivity contribution in [3.05, 3.63) is 47.7 Å². The third-order valence-corrected chi connectivity index (χ3v) is 5.61. The fourth-order valence-corrected chi connectivity index (χ4v) is 4.10. The number of carboxylic acid groups (broad SMARTS) is 1. The predicted molar refractivity (Wildman–Crippen MR) is 92.5 cm³/mol. The Morgan fingerprint density at radius 3 is 2.54 bits per heavy atom. The van der Waals surface area contributed by atoms with Crippen LogP contribution < -0.4 is 11.1 Å². The summed E-state index contributed by atoms with van der Waals surface area (Å²) in [5.74, 6) is -1.22. The molecule has 0 bridgehead atoms. The van der Waals surface area contributed by atoms with E-state index in [-0.39, 0.29) is 23.6 Å². The van der Waals surface area contributed by atoms with Crippen molar-refractivity contribution in [2.24, 2.45) is 17.6 Å². The second kappa shape index (κ2) is 6.25. The minimum absolute atomic E-state index is 0.0229. The van der Waals surface area contributed by atoms with Gasteiger partial charge in [-0.3, -0.25) is 14.5 Å². The highest BCUT2D eigenvalue weighted by molar-refractivity contribution is 6.01. The van der Waals surface area contributed by atoms with Gasteiger partial charge in [0.1, 0.15) is 17.8 Å². The number of rotatable bonds is 5. The minimum Gasteiger partial charge on any atom is -0.477 e. The molecule has 1 aromatic carbocycles. The third kappa shape index (κ3) is 2.68. The third-order valence-electron chi connectivity index (χ3n) is 5.61. The van der Waals surface area contributed by atoms with Crippen LogP contribution in [0.15, 0.2) is 42.1 Å². The molecule has 1 saturated heterocycles. The summed E-state index contributed by atoms with van der Waals surface area (Å²) in [7, 11) is 0. The molecule has 1 saturated carbocycles. The fourth-order valence-electron chi connectivity index (χ4n) is 4.10. The van der Waals surface area contributed by atoms with E-state index in [2.05, 4.69) is 5.32 Å². The molecule has 4 rings (SSSR count). The van der Waals surface area contributed by atoms with E-state index in [9.17, 15) is 19.5 Å². The number of carbonyl (C=O) groups excluding carboxylic acids is 2. The summed E-state index contributed by atoms with van der Waals surface area (Å²) in [6.07, 6.45) is 4.43. The molecule has 1 aliphatic carbocycles. The number of amides is 2. The molecule has 2 aliphatic heterocycles. The second-order valence-electron chi connectivity index (χ2n) is 7.20. The maximum atomic E-state index is 12.6. The highest BCUT2D eigenvalue weighted by atomic mass is 16.4. The van der Waals surface area contributed by atoms with Gasteiger partial charge in [-0.05, 0) is 36.7 Å². The summed E-state index contributed by atoms with van der Waals surface area (Å²) in [6.45, 7) is 0. The van der Waals surface area contributed by atoms with Crippen molar-refractivity contribution in [3.8, 4) is 0 Å². The van der Waals surface area contributed by atoms with E-state index in [0.717, 1.165) is 12.8 Å². The molecular formula is C19H21N3O4. The molecule has 0 radical (unpaired) electrons. The van der Waals surface area contributed by atoms with Crippen molar-refractivity contribution in [1.82, 2.24) is 10.2 Å². The van der Waals surface area contributed by atoms with Gasteiger partial charge in [0.15, 0.2) is 0 Å². The Morgan fingerprint density at radius 2 is 1.92 bits per heavy atom. The average molecular weight is 355 g/mol. The van der Waals surface area contributed by atoms with Gasteiger partial charge in [0, 0.05) is 0 Å².